The average Bonchev–Trinajstić information content (AvgIpc) is 2.97. The van der Waals surface area contributed by atoms with E-state index in [0.717, 1.165) is 50.0 Å². The van der Waals surface area contributed by atoms with Crippen molar-refractivity contribution in [1.82, 2.24) is 19.8 Å². The molecule has 2 aromatic rings. The molecule has 26 heavy (non-hydrogen) atoms. The molecule has 0 bridgehead atoms. The van der Waals surface area contributed by atoms with Crippen molar-refractivity contribution in [3.63, 3.8) is 0 Å². The second-order valence-electron chi connectivity index (χ2n) is 7.49. The third kappa shape index (κ3) is 3.39. The van der Waals surface area contributed by atoms with E-state index in [-0.39, 0.29) is 0 Å². The molecule has 0 aromatic carbocycles. The molecule has 1 spiro atoms. The third-order valence-corrected chi connectivity index (χ3v) is 5.60. The highest BCUT2D eigenvalue weighted by Crippen LogP contribution is 2.40. The standard InChI is InChI=1S/C20H26N4O2/c1-23-11-16(13-26-18-6-4-7-21-10-18)9-20(23)14-24(15-20)12-17-5-3-8-22-19(17)25-2/h3-8,10,16H,9,11-15H2,1-2H3/t16-/m1/s1. The van der Waals surface area contributed by atoms with Crippen LogP contribution in [0.4, 0.5) is 0 Å². The molecule has 2 saturated heterocycles. The lowest BCUT2D eigenvalue weighted by atomic mass is 9.84. The average molecular weight is 354 g/mol. The minimum absolute atomic E-state index is 0.290. The number of rotatable bonds is 6. The predicted molar refractivity (Wildman–Crippen MR) is 99.3 cm³/mol. The molecule has 0 unspecified atom stereocenters. The maximum Gasteiger partial charge on any atom is 0.217 e. The van der Waals surface area contributed by atoms with Gasteiger partial charge in [0.15, 0.2) is 0 Å². The van der Waals surface area contributed by atoms with Gasteiger partial charge in [-0.2, -0.15) is 0 Å². The maximum atomic E-state index is 5.93. The second kappa shape index (κ2) is 7.21. The van der Waals surface area contributed by atoms with Gasteiger partial charge in [-0.05, 0) is 31.7 Å². The first-order valence-corrected chi connectivity index (χ1v) is 9.13. The summed E-state index contributed by atoms with van der Waals surface area (Å²) in [7, 11) is 3.92. The third-order valence-electron chi connectivity index (χ3n) is 5.60. The molecule has 2 aromatic heterocycles. The van der Waals surface area contributed by atoms with Gasteiger partial charge < -0.3 is 9.47 Å². The minimum atomic E-state index is 0.290. The van der Waals surface area contributed by atoms with Crippen molar-refractivity contribution in [3.8, 4) is 11.6 Å². The summed E-state index contributed by atoms with van der Waals surface area (Å²) in [6.07, 6.45) is 6.51. The Balaban J connectivity index is 1.30. The van der Waals surface area contributed by atoms with Gasteiger partial charge in [-0.3, -0.25) is 14.8 Å². The summed E-state index contributed by atoms with van der Waals surface area (Å²) >= 11 is 0. The van der Waals surface area contributed by atoms with E-state index in [0.29, 0.717) is 11.5 Å². The van der Waals surface area contributed by atoms with Crippen LogP contribution in [-0.4, -0.2) is 65.7 Å². The van der Waals surface area contributed by atoms with Gasteiger partial charge in [0.05, 0.1) is 19.9 Å². The summed E-state index contributed by atoms with van der Waals surface area (Å²) in [6.45, 7) is 4.91. The van der Waals surface area contributed by atoms with Crippen molar-refractivity contribution in [2.24, 2.45) is 5.92 Å². The van der Waals surface area contributed by atoms with Gasteiger partial charge in [-0.1, -0.05) is 6.07 Å². The number of methoxy groups -OCH3 is 1. The summed E-state index contributed by atoms with van der Waals surface area (Å²) in [5.41, 5.74) is 1.44. The molecule has 6 heteroatoms. The molecule has 0 radical (unpaired) electrons. The van der Waals surface area contributed by atoms with Crippen LogP contribution in [0.25, 0.3) is 0 Å². The molecule has 6 nitrogen and oxygen atoms in total. The SMILES string of the molecule is COc1ncccc1CN1CC2(C[C@@H](COc3cccnc3)CN2C)C1. The quantitative estimate of drug-likeness (QED) is 0.792. The lowest BCUT2D eigenvalue weighted by molar-refractivity contribution is -0.0226. The second-order valence-corrected chi connectivity index (χ2v) is 7.49. The summed E-state index contributed by atoms with van der Waals surface area (Å²) in [6, 6.07) is 7.95. The molecular weight excluding hydrogens is 328 g/mol. The molecule has 2 fully saturated rings. The monoisotopic (exact) mass is 354 g/mol. The van der Waals surface area contributed by atoms with Crippen LogP contribution in [0.2, 0.25) is 0 Å². The predicted octanol–water partition coefficient (Wildman–Crippen LogP) is 2.07. The van der Waals surface area contributed by atoms with Crippen LogP contribution in [0.15, 0.2) is 42.9 Å². The molecule has 2 aliphatic heterocycles. The lowest BCUT2D eigenvalue weighted by Crippen LogP contribution is -2.66. The fourth-order valence-corrected chi connectivity index (χ4v) is 4.33. The largest absolute Gasteiger partial charge is 0.492 e. The Morgan fingerprint density at radius 2 is 2.08 bits per heavy atom. The Labute approximate surface area is 154 Å². The van der Waals surface area contributed by atoms with Gasteiger partial charge in [0.1, 0.15) is 5.75 Å². The zero-order chi connectivity index (χ0) is 18.0. The molecule has 4 rings (SSSR count). The number of likely N-dealkylation sites (tertiary alicyclic amines) is 2. The van der Waals surface area contributed by atoms with Crippen LogP contribution >= 0.6 is 0 Å². The van der Waals surface area contributed by atoms with Crippen molar-refractivity contribution >= 4 is 0 Å². The molecule has 1 atom stereocenters. The zero-order valence-corrected chi connectivity index (χ0v) is 15.5. The number of hydrogen-bond acceptors (Lipinski definition) is 6. The highest BCUT2D eigenvalue weighted by molar-refractivity contribution is 5.26. The van der Waals surface area contributed by atoms with E-state index in [9.17, 15) is 0 Å². The first-order chi connectivity index (χ1) is 12.7. The van der Waals surface area contributed by atoms with Crippen molar-refractivity contribution in [1.29, 1.82) is 0 Å². The highest BCUT2D eigenvalue weighted by atomic mass is 16.5. The molecular formula is C20H26N4O2. The molecule has 0 saturated carbocycles. The topological polar surface area (TPSA) is 50.7 Å². The Bertz CT molecular complexity index is 734. The smallest absolute Gasteiger partial charge is 0.217 e. The summed E-state index contributed by atoms with van der Waals surface area (Å²) < 4.78 is 11.3. The fourth-order valence-electron chi connectivity index (χ4n) is 4.33. The van der Waals surface area contributed by atoms with Crippen LogP contribution in [-0.2, 0) is 6.54 Å². The number of hydrogen-bond donors (Lipinski definition) is 0. The lowest BCUT2D eigenvalue weighted by Gasteiger charge is -2.52. The van der Waals surface area contributed by atoms with E-state index in [4.69, 9.17) is 9.47 Å². The molecule has 0 amide bonds. The van der Waals surface area contributed by atoms with Crippen molar-refractivity contribution in [2.75, 3.05) is 40.4 Å². The molecule has 2 aliphatic rings. The summed E-state index contributed by atoms with van der Waals surface area (Å²) in [5.74, 6) is 2.15. The van der Waals surface area contributed by atoms with Gasteiger partial charge in [-0.25, -0.2) is 4.98 Å². The number of aromatic nitrogens is 2. The van der Waals surface area contributed by atoms with E-state index < -0.39 is 0 Å². The van der Waals surface area contributed by atoms with Crippen LogP contribution in [0.3, 0.4) is 0 Å². The Hall–Kier alpha value is -2.18. The minimum Gasteiger partial charge on any atom is -0.492 e. The van der Waals surface area contributed by atoms with Crippen molar-refractivity contribution in [2.45, 2.75) is 18.5 Å². The number of likely N-dealkylation sites (N-methyl/N-ethyl adjacent to an activating group) is 1. The highest BCUT2D eigenvalue weighted by Gasteiger charge is 2.51. The molecule has 4 heterocycles. The van der Waals surface area contributed by atoms with Crippen molar-refractivity contribution < 1.29 is 9.47 Å². The Morgan fingerprint density at radius 1 is 1.23 bits per heavy atom. The van der Waals surface area contributed by atoms with E-state index >= 15 is 0 Å². The van der Waals surface area contributed by atoms with Crippen molar-refractivity contribution in [3.05, 3.63) is 48.4 Å². The fraction of sp³-hybridized carbons (Fsp3) is 0.500. The van der Waals surface area contributed by atoms with Crippen LogP contribution in [0.1, 0.15) is 12.0 Å². The van der Waals surface area contributed by atoms with E-state index in [1.807, 2.05) is 18.2 Å². The molecule has 0 aliphatic carbocycles. The Kier molecular flexibility index (Phi) is 4.78. The summed E-state index contributed by atoms with van der Waals surface area (Å²) in [4.78, 5) is 13.4. The summed E-state index contributed by atoms with van der Waals surface area (Å²) in [5, 5.41) is 0. The van der Waals surface area contributed by atoms with E-state index in [2.05, 4.69) is 32.9 Å². The van der Waals surface area contributed by atoms with Crippen LogP contribution < -0.4 is 9.47 Å². The first-order valence-electron chi connectivity index (χ1n) is 9.13. The van der Waals surface area contributed by atoms with Gasteiger partial charge >= 0.3 is 0 Å². The van der Waals surface area contributed by atoms with Crippen LogP contribution in [0.5, 0.6) is 11.6 Å². The normalized spacial score (nSPS) is 22.3. The Morgan fingerprint density at radius 3 is 2.85 bits per heavy atom. The van der Waals surface area contributed by atoms with Gasteiger partial charge in [-0.15, -0.1) is 0 Å². The van der Waals surface area contributed by atoms with Gasteiger partial charge in [0.25, 0.3) is 0 Å². The molecule has 138 valence electrons. The van der Waals surface area contributed by atoms with Gasteiger partial charge in [0.2, 0.25) is 5.88 Å². The first kappa shape index (κ1) is 17.2. The van der Waals surface area contributed by atoms with E-state index in [1.165, 1.54) is 6.42 Å². The van der Waals surface area contributed by atoms with Crippen LogP contribution in [0, 0.1) is 5.92 Å². The number of pyridine rings is 2. The number of ether oxygens (including phenoxy) is 2. The van der Waals surface area contributed by atoms with Gasteiger partial charge in [0, 0.05) is 55.6 Å². The number of nitrogens with zero attached hydrogens (tertiary/aromatic N) is 4. The van der Waals surface area contributed by atoms with E-state index in [1.54, 1.807) is 25.7 Å². The molecule has 0 N–H and O–H groups in total. The zero-order valence-electron chi connectivity index (χ0n) is 15.5. The maximum absolute atomic E-state index is 5.93.